The Balaban J connectivity index is 1.69. The van der Waals surface area contributed by atoms with Crippen molar-refractivity contribution >= 4 is 5.97 Å². The molecule has 2 heterocycles. The summed E-state index contributed by atoms with van der Waals surface area (Å²) in [5.74, 6) is -0.376. The lowest BCUT2D eigenvalue weighted by Gasteiger charge is -2.42. The first kappa shape index (κ1) is 71.8. The fourth-order valence-corrected chi connectivity index (χ4v) is 9.78. The Morgan fingerprint density at radius 2 is 0.833 bits per heavy atom. The van der Waals surface area contributed by atoms with E-state index >= 15 is 0 Å². The second kappa shape index (κ2) is 50.4. The standard InChI is InChI=1S/C64H114O14/c1-3-5-7-9-11-13-15-17-19-21-23-25-26-27-28-30-32-34-36-38-40-42-44-46-48-73-50-53(76-56(66)47-45-43-41-39-37-35-33-31-29-24-22-20-18-16-14-12-10-8-6-4-2)51-74-63-62(72)60(70)58(68)55(78-63)52-75-64-61(71)59(69)57(67)54(49-65)77-64/h5,7,11,13,17,19,23,25,27-28,53-55,57-65,67-72H,3-4,6,8-10,12,14-16,18,20-22,24,26,29-52H2,1-2H3/b7-5-,13-11-,19-17-,25-23-,28-27-. The van der Waals surface area contributed by atoms with E-state index in [2.05, 4.69) is 74.6 Å². The zero-order valence-corrected chi connectivity index (χ0v) is 48.9. The van der Waals surface area contributed by atoms with Gasteiger partial charge in [-0.25, -0.2) is 0 Å². The van der Waals surface area contributed by atoms with Gasteiger partial charge in [-0.15, -0.1) is 0 Å². The van der Waals surface area contributed by atoms with Crippen LogP contribution >= 0.6 is 0 Å². The molecule has 0 radical (unpaired) electrons. The summed E-state index contributed by atoms with van der Waals surface area (Å²) < 4.78 is 34.5. The molecule has 2 rings (SSSR count). The molecule has 0 aromatic carbocycles. The van der Waals surface area contributed by atoms with Crippen LogP contribution in [0.4, 0.5) is 0 Å². The minimum absolute atomic E-state index is 0.0561. The highest BCUT2D eigenvalue weighted by atomic mass is 16.7. The highest BCUT2D eigenvalue weighted by Gasteiger charge is 2.47. The fraction of sp³-hybridized carbons (Fsp3) is 0.828. The molecule has 2 aliphatic heterocycles. The number of aliphatic hydroxyl groups excluding tert-OH is 7. The number of unbranched alkanes of at least 4 members (excludes halogenated alkanes) is 27. The molecule has 7 N–H and O–H groups in total. The smallest absolute Gasteiger partial charge is 0.306 e. The lowest BCUT2D eigenvalue weighted by Crippen LogP contribution is -2.61. The maximum atomic E-state index is 13.1. The molecule has 2 saturated heterocycles. The predicted octanol–water partition coefficient (Wildman–Crippen LogP) is 12.0. The van der Waals surface area contributed by atoms with Gasteiger partial charge in [0, 0.05) is 13.0 Å². The van der Waals surface area contributed by atoms with Gasteiger partial charge >= 0.3 is 5.97 Å². The summed E-state index contributed by atoms with van der Waals surface area (Å²) in [7, 11) is 0. The summed E-state index contributed by atoms with van der Waals surface area (Å²) in [4.78, 5) is 13.1. The molecule has 0 amide bonds. The highest BCUT2D eigenvalue weighted by molar-refractivity contribution is 5.69. The summed E-state index contributed by atoms with van der Waals surface area (Å²) in [6, 6.07) is 0. The Morgan fingerprint density at radius 1 is 0.436 bits per heavy atom. The van der Waals surface area contributed by atoms with Crippen LogP contribution in [0.1, 0.15) is 239 Å². The van der Waals surface area contributed by atoms with Crippen LogP contribution in [0.25, 0.3) is 0 Å². The molecule has 11 unspecified atom stereocenters. The van der Waals surface area contributed by atoms with E-state index in [1.54, 1.807) is 0 Å². The number of hydrogen-bond acceptors (Lipinski definition) is 14. The Labute approximate surface area is 473 Å². The Kier molecular flexibility index (Phi) is 46.4. The van der Waals surface area contributed by atoms with Gasteiger partial charge in [-0.3, -0.25) is 4.79 Å². The third-order valence-electron chi connectivity index (χ3n) is 14.8. The summed E-state index contributed by atoms with van der Waals surface area (Å²) in [6.07, 6.45) is 47.1. The van der Waals surface area contributed by atoms with Crippen molar-refractivity contribution < 1.29 is 69.0 Å². The summed E-state index contributed by atoms with van der Waals surface area (Å²) in [5, 5.41) is 72.5. The average molecular weight is 1110 g/mol. The van der Waals surface area contributed by atoms with Gasteiger partial charge in [0.05, 0.1) is 26.4 Å². The van der Waals surface area contributed by atoms with Crippen molar-refractivity contribution in [1.82, 2.24) is 0 Å². The normalized spacial score (nSPS) is 24.5. The van der Waals surface area contributed by atoms with Crippen LogP contribution in [0.2, 0.25) is 0 Å². The van der Waals surface area contributed by atoms with Crippen molar-refractivity contribution in [3.05, 3.63) is 60.8 Å². The largest absolute Gasteiger partial charge is 0.457 e. The van der Waals surface area contributed by atoms with Crippen LogP contribution in [0.15, 0.2) is 60.8 Å². The third-order valence-corrected chi connectivity index (χ3v) is 14.8. The molecular formula is C64H114O14. The minimum atomic E-state index is -1.71. The number of hydrogen-bond donors (Lipinski definition) is 7. The van der Waals surface area contributed by atoms with Crippen LogP contribution in [0.3, 0.4) is 0 Å². The van der Waals surface area contributed by atoms with E-state index < -0.39 is 80.7 Å². The molecule has 0 aromatic rings. The first-order valence-corrected chi connectivity index (χ1v) is 31.4. The Bertz CT molecular complexity index is 1520. The number of esters is 1. The molecule has 78 heavy (non-hydrogen) atoms. The monoisotopic (exact) mass is 1110 g/mol. The predicted molar refractivity (Wildman–Crippen MR) is 312 cm³/mol. The van der Waals surface area contributed by atoms with E-state index in [4.69, 9.17) is 28.4 Å². The van der Waals surface area contributed by atoms with Gasteiger partial charge in [-0.05, 0) is 57.8 Å². The van der Waals surface area contributed by atoms with E-state index in [-0.39, 0.29) is 25.6 Å². The third kappa shape index (κ3) is 36.2. The molecule has 2 aliphatic rings. The van der Waals surface area contributed by atoms with Crippen molar-refractivity contribution in [2.45, 2.75) is 306 Å². The zero-order chi connectivity index (χ0) is 56.5. The number of aliphatic hydroxyl groups is 7. The zero-order valence-electron chi connectivity index (χ0n) is 48.9. The first-order chi connectivity index (χ1) is 38.1. The van der Waals surface area contributed by atoms with E-state index in [1.807, 2.05) is 0 Å². The van der Waals surface area contributed by atoms with Gasteiger partial charge in [-0.1, -0.05) is 235 Å². The van der Waals surface area contributed by atoms with Crippen LogP contribution in [-0.2, 0) is 33.2 Å². The molecule has 0 aliphatic carbocycles. The topological polar surface area (TPSA) is 214 Å². The van der Waals surface area contributed by atoms with E-state index in [1.165, 1.54) is 135 Å². The quantitative estimate of drug-likeness (QED) is 0.0172. The number of allylic oxidation sites excluding steroid dienone is 10. The SMILES string of the molecule is CC/C=C\C/C=C\C/C=C\C/C=C\C/C=C\CCCCCCCCCCOCC(COC1OC(COC2OC(CO)C(O)C(O)C2O)C(O)C(O)C1O)OC(=O)CCCCCCCCCCCCCCCCCCCCCC. The van der Waals surface area contributed by atoms with Gasteiger partial charge in [0.2, 0.25) is 0 Å². The van der Waals surface area contributed by atoms with Gasteiger partial charge in [0.1, 0.15) is 54.9 Å². The Morgan fingerprint density at radius 3 is 1.31 bits per heavy atom. The molecule has 454 valence electrons. The van der Waals surface area contributed by atoms with E-state index in [0.717, 1.165) is 77.0 Å². The second-order valence-corrected chi connectivity index (χ2v) is 21.9. The summed E-state index contributed by atoms with van der Waals surface area (Å²) in [5.41, 5.74) is 0. The number of ether oxygens (including phenoxy) is 6. The van der Waals surface area contributed by atoms with E-state index in [0.29, 0.717) is 13.0 Å². The molecule has 2 fully saturated rings. The maximum Gasteiger partial charge on any atom is 0.306 e. The second-order valence-electron chi connectivity index (χ2n) is 21.9. The molecule has 14 heteroatoms. The first-order valence-electron chi connectivity index (χ1n) is 31.4. The summed E-state index contributed by atoms with van der Waals surface area (Å²) in [6.45, 7) is 3.59. The average Bonchev–Trinajstić information content (AvgIpc) is 3.45. The van der Waals surface area contributed by atoms with Crippen molar-refractivity contribution in [3.8, 4) is 0 Å². The van der Waals surface area contributed by atoms with Crippen molar-refractivity contribution in [2.75, 3.05) is 33.0 Å². The number of carbonyl (C=O) groups is 1. The fourth-order valence-electron chi connectivity index (χ4n) is 9.78. The van der Waals surface area contributed by atoms with Crippen LogP contribution in [0, 0.1) is 0 Å². The molecule has 11 atom stereocenters. The van der Waals surface area contributed by atoms with Crippen molar-refractivity contribution in [2.24, 2.45) is 0 Å². The summed E-state index contributed by atoms with van der Waals surface area (Å²) >= 11 is 0. The number of rotatable bonds is 51. The van der Waals surface area contributed by atoms with Crippen molar-refractivity contribution in [1.29, 1.82) is 0 Å². The van der Waals surface area contributed by atoms with E-state index in [9.17, 15) is 40.5 Å². The molecule has 0 bridgehead atoms. The highest BCUT2D eigenvalue weighted by Crippen LogP contribution is 2.27. The molecule has 14 nitrogen and oxygen atoms in total. The molecule has 0 aromatic heterocycles. The maximum absolute atomic E-state index is 13.1. The molecular weight excluding hydrogens is 993 g/mol. The van der Waals surface area contributed by atoms with Gasteiger partial charge in [0.15, 0.2) is 12.6 Å². The van der Waals surface area contributed by atoms with Crippen molar-refractivity contribution in [3.63, 3.8) is 0 Å². The van der Waals surface area contributed by atoms with Gasteiger partial charge in [0.25, 0.3) is 0 Å². The molecule has 0 saturated carbocycles. The molecule has 0 spiro atoms. The lowest BCUT2D eigenvalue weighted by atomic mass is 9.98. The van der Waals surface area contributed by atoms with Crippen LogP contribution in [0.5, 0.6) is 0 Å². The number of carbonyl (C=O) groups excluding carboxylic acids is 1. The Hall–Kier alpha value is -2.31. The minimum Gasteiger partial charge on any atom is -0.457 e. The van der Waals surface area contributed by atoms with Crippen LogP contribution in [-0.4, -0.2) is 142 Å². The van der Waals surface area contributed by atoms with Crippen LogP contribution < -0.4 is 0 Å². The van der Waals surface area contributed by atoms with Gasteiger partial charge in [-0.2, -0.15) is 0 Å². The van der Waals surface area contributed by atoms with Gasteiger partial charge < -0.3 is 64.2 Å². The lowest BCUT2D eigenvalue weighted by molar-refractivity contribution is -0.332.